The molecule has 0 bridgehead atoms. The molecular weight excluding hydrogens is 526 g/mol. The van der Waals surface area contributed by atoms with E-state index in [4.69, 9.17) is 10.8 Å². The number of nitrogens with two attached hydrogens (primary N) is 1. The zero-order valence-electron chi connectivity index (χ0n) is 19.8. The molecule has 1 saturated heterocycles. The minimum atomic E-state index is -4.81. The molecule has 0 amide bonds. The van der Waals surface area contributed by atoms with Gasteiger partial charge < -0.3 is 11.1 Å². The summed E-state index contributed by atoms with van der Waals surface area (Å²) in [6, 6.07) is 8.03. The largest absolute Gasteiger partial charge is 0.416 e. The molecule has 0 unspecified atom stereocenters. The van der Waals surface area contributed by atoms with Crippen LogP contribution >= 0.6 is 0 Å². The summed E-state index contributed by atoms with van der Waals surface area (Å²) < 4.78 is 82.2. The van der Waals surface area contributed by atoms with Crippen molar-refractivity contribution in [3.8, 4) is 11.3 Å². The molecule has 1 atom stereocenters. The number of hydrogen-bond acceptors (Lipinski definition) is 7. The first kappa shape index (κ1) is 26.0. The van der Waals surface area contributed by atoms with Crippen LogP contribution in [-0.2, 0) is 22.7 Å². The molecule has 0 spiro atoms. The highest BCUT2D eigenvalue weighted by molar-refractivity contribution is 7.89. The molecule has 0 aliphatic carbocycles. The van der Waals surface area contributed by atoms with Crippen LogP contribution in [0.25, 0.3) is 22.3 Å². The molecule has 2 aromatic heterocycles. The summed E-state index contributed by atoms with van der Waals surface area (Å²) in [5.41, 5.74) is 7.28. The number of alkyl halides is 3. The molecule has 3 heterocycles. The fourth-order valence-electron chi connectivity index (χ4n) is 4.42. The topological polar surface area (TPSA) is 128 Å². The summed E-state index contributed by atoms with van der Waals surface area (Å²) in [5.74, 6) is -1.00. The van der Waals surface area contributed by atoms with Crippen molar-refractivity contribution in [2.75, 3.05) is 18.8 Å². The number of hydrogen-bond donors (Lipinski definition) is 3. The van der Waals surface area contributed by atoms with Crippen LogP contribution in [0.4, 0.5) is 23.4 Å². The Balaban J connectivity index is 1.39. The fourth-order valence-corrected chi connectivity index (χ4v) is 5.54. The Morgan fingerprint density at radius 1 is 1.13 bits per heavy atom. The number of benzene rings is 2. The van der Waals surface area contributed by atoms with Gasteiger partial charge in [0, 0.05) is 18.7 Å². The van der Waals surface area contributed by atoms with Crippen molar-refractivity contribution in [1.29, 1.82) is 0 Å². The van der Waals surface area contributed by atoms with Crippen molar-refractivity contribution >= 4 is 26.9 Å². The summed E-state index contributed by atoms with van der Waals surface area (Å²) in [5, 5.41) is 8.74. The Kier molecular flexibility index (Phi) is 6.79. The van der Waals surface area contributed by atoms with Gasteiger partial charge in [-0.25, -0.2) is 32.2 Å². The normalized spacial score (nSPS) is 16.7. The van der Waals surface area contributed by atoms with Gasteiger partial charge in [0.15, 0.2) is 5.65 Å². The molecule has 1 aliphatic rings. The molecule has 5 rings (SSSR count). The second-order valence-electron chi connectivity index (χ2n) is 8.92. The van der Waals surface area contributed by atoms with Crippen LogP contribution in [0.1, 0.15) is 30.0 Å². The summed E-state index contributed by atoms with van der Waals surface area (Å²) in [6.07, 6.45) is -1.50. The molecule has 4 aromatic rings. The Morgan fingerprint density at radius 2 is 1.89 bits per heavy atom. The van der Waals surface area contributed by atoms with E-state index >= 15 is 0 Å². The van der Waals surface area contributed by atoms with E-state index in [9.17, 15) is 26.0 Å². The van der Waals surface area contributed by atoms with Gasteiger partial charge in [0.1, 0.15) is 28.6 Å². The highest BCUT2D eigenvalue weighted by Gasteiger charge is 2.33. The Bertz CT molecular complexity index is 1580. The average Bonchev–Trinajstić information content (AvgIpc) is 3.29. The number of nitrogen functional groups attached to an aromatic ring is 1. The number of sulfonamides is 1. The maximum Gasteiger partial charge on any atom is 0.416 e. The third-order valence-electron chi connectivity index (χ3n) is 6.38. The van der Waals surface area contributed by atoms with E-state index in [-0.39, 0.29) is 24.5 Å². The van der Waals surface area contributed by atoms with Crippen LogP contribution < -0.4 is 15.8 Å². The van der Waals surface area contributed by atoms with Crippen LogP contribution in [0, 0.1) is 5.82 Å². The first-order valence-corrected chi connectivity index (χ1v) is 13.2. The molecule has 0 saturated carbocycles. The van der Waals surface area contributed by atoms with Crippen molar-refractivity contribution in [3.63, 3.8) is 0 Å². The number of fused-ring (bicyclic) bond motifs is 1. The molecular formula is C24H23F4N7O2S. The number of piperidine rings is 1. The van der Waals surface area contributed by atoms with Gasteiger partial charge in [0.05, 0.1) is 17.0 Å². The van der Waals surface area contributed by atoms with Gasteiger partial charge in [-0.15, -0.1) is 0 Å². The lowest BCUT2D eigenvalue weighted by Crippen LogP contribution is -2.32. The zero-order valence-corrected chi connectivity index (χ0v) is 20.7. The molecule has 0 radical (unpaired) electrons. The average molecular weight is 550 g/mol. The summed E-state index contributed by atoms with van der Waals surface area (Å²) in [7, 11) is -4.56. The minimum Gasteiger partial charge on any atom is -0.383 e. The van der Waals surface area contributed by atoms with Crippen molar-refractivity contribution in [2.24, 2.45) is 0 Å². The predicted octanol–water partition coefficient (Wildman–Crippen LogP) is 3.64. The third-order valence-corrected chi connectivity index (χ3v) is 7.79. The molecule has 38 heavy (non-hydrogen) atoms. The van der Waals surface area contributed by atoms with Gasteiger partial charge in [-0.3, -0.25) is 0 Å². The van der Waals surface area contributed by atoms with E-state index in [1.165, 1.54) is 6.33 Å². The van der Waals surface area contributed by atoms with Gasteiger partial charge in [0.25, 0.3) is 0 Å². The van der Waals surface area contributed by atoms with Crippen molar-refractivity contribution < 1.29 is 26.0 Å². The Hall–Kier alpha value is -3.62. The molecule has 4 N–H and O–H groups in total. The van der Waals surface area contributed by atoms with Gasteiger partial charge in [-0.1, -0.05) is 24.3 Å². The van der Waals surface area contributed by atoms with Crippen LogP contribution in [0.2, 0.25) is 0 Å². The molecule has 1 aliphatic heterocycles. The van der Waals surface area contributed by atoms with Gasteiger partial charge in [-0.05, 0) is 43.1 Å². The molecule has 1 fully saturated rings. The molecule has 200 valence electrons. The minimum absolute atomic E-state index is 0.0965. The number of halogens is 4. The van der Waals surface area contributed by atoms with Gasteiger partial charge in [0.2, 0.25) is 10.0 Å². The second kappa shape index (κ2) is 9.93. The molecule has 2 aromatic carbocycles. The van der Waals surface area contributed by atoms with E-state index in [2.05, 4.69) is 20.0 Å². The third kappa shape index (κ3) is 5.06. The second-order valence-corrected chi connectivity index (χ2v) is 10.7. The number of nitrogens with one attached hydrogen (secondary N) is 2. The van der Waals surface area contributed by atoms with E-state index in [1.54, 1.807) is 24.3 Å². The lowest BCUT2D eigenvalue weighted by molar-refractivity contribution is -0.137. The Labute approximate surface area is 215 Å². The van der Waals surface area contributed by atoms with Crippen LogP contribution in [0.3, 0.4) is 0 Å². The zero-order chi connectivity index (χ0) is 27.1. The maximum absolute atomic E-state index is 14.1. The Morgan fingerprint density at radius 3 is 2.58 bits per heavy atom. The summed E-state index contributed by atoms with van der Waals surface area (Å²) in [4.78, 5) is 7.43. The van der Waals surface area contributed by atoms with E-state index in [0.29, 0.717) is 40.0 Å². The van der Waals surface area contributed by atoms with Crippen molar-refractivity contribution in [3.05, 3.63) is 65.7 Å². The highest BCUT2D eigenvalue weighted by Crippen LogP contribution is 2.34. The quantitative estimate of drug-likeness (QED) is 0.314. The number of aromatic nitrogens is 4. The monoisotopic (exact) mass is 549 g/mol. The van der Waals surface area contributed by atoms with Crippen LogP contribution in [-0.4, -0.2) is 41.3 Å². The van der Waals surface area contributed by atoms with Crippen molar-refractivity contribution in [2.45, 2.75) is 36.5 Å². The standard InChI is InChI=1S/C24H23F4N7O2S/c25-18-8-7-16(24(26,27)28)10-19(18)38(36,37)33-11-14-3-5-15(6-4-14)21-20-22(29)31-13-32-23(20)35(34-21)17-2-1-9-30-12-17/h3-8,10,13,17,30,33H,1-2,9,11-12H2,(H2,29,31,32)/t17-/m1/s1. The number of rotatable bonds is 6. The van der Waals surface area contributed by atoms with Crippen LogP contribution in [0.15, 0.2) is 53.7 Å². The first-order chi connectivity index (χ1) is 18.0. The van der Waals surface area contributed by atoms with Crippen LogP contribution in [0.5, 0.6) is 0 Å². The van der Waals surface area contributed by atoms with E-state index in [1.807, 2.05) is 4.68 Å². The van der Waals surface area contributed by atoms with E-state index in [0.717, 1.165) is 25.9 Å². The SMILES string of the molecule is Nc1ncnc2c1c(-c1ccc(CNS(=O)(=O)c3cc(C(F)(F)F)ccc3F)cc1)nn2[C@@H]1CCCNC1. The van der Waals surface area contributed by atoms with Gasteiger partial charge >= 0.3 is 6.18 Å². The summed E-state index contributed by atoms with van der Waals surface area (Å²) in [6.45, 7) is 1.41. The smallest absolute Gasteiger partial charge is 0.383 e. The molecule has 9 nitrogen and oxygen atoms in total. The summed E-state index contributed by atoms with van der Waals surface area (Å²) >= 11 is 0. The highest BCUT2D eigenvalue weighted by atomic mass is 32.2. The van der Waals surface area contributed by atoms with Crippen molar-refractivity contribution in [1.82, 2.24) is 29.8 Å². The van der Waals surface area contributed by atoms with Gasteiger partial charge in [-0.2, -0.15) is 18.3 Å². The number of anilines is 1. The molecule has 14 heteroatoms. The first-order valence-electron chi connectivity index (χ1n) is 11.7. The fraction of sp³-hybridized carbons (Fsp3) is 0.292. The maximum atomic E-state index is 14.1. The lowest BCUT2D eigenvalue weighted by Gasteiger charge is -2.23. The van der Waals surface area contributed by atoms with E-state index < -0.39 is 32.5 Å². The number of nitrogens with zero attached hydrogens (tertiary/aromatic N) is 4. The predicted molar refractivity (Wildman–Crippen MR) is 132 cm³/mol. The lowest BCUT2D eigenvalue weighted by atomic mass is 10.1.